The SMILES string of the molecule is C=C/C=C\C=C(\Oc1cc2c3c(cc(OC(/C=C\C=C/C)c4ccccc4)c4c5c(Oc6ccccc6-c6ccccc6)cc6c7c(cc(Oc8ccccc8-c8ccccc8)c(c1c34)c75)C(=O)N(c1c(C(C)C)cccc1C(C)C)C6=O)C(=O)N(c1c(C(C)C)cccc1C(C)C)C2=O)c1ccccc1. The van der Waals surface area contributed by atoms with Gasteiger partial charge >= 0.3 is 0 Å². The minimum absolute atomic E-state index is 0.119. The summed E-state index contributed by atoms with van der Waals surface area (Å²) in [6.07, 6.45) is 14.1. The molecule has 13 aromatic carbocycles. The quantitative estimate of drug-likeness (QED) is 0.0217. The fourth-order valence-corrected chi connectivity index (χ4v) is 15.3. The van der Waals surface area contributed by atoms with Crippen LogP contribution in [0.1, 0.15) is 167 Å². The maximum Gasteiger partial charge on any atom is 0.266 e. The molecule has 2 aliphatic heterocycles. The van der Waals surface area contributed by atoms with Crippen LogP contribution in [0.25, 0.3) is 71.1 Å². The third-order valence-electron chi connectivity index (χ3n) is 20.2. The first kappa shape index (κ1) is 69.1. The fraction of sp³-hybridized carbons (Fsp3) is 0.146. The van der Waals surface area contributed by atoms with Crippen molar-refractivity contribution in [1.82, 2.24) is 0 Å². The van der Waals surface area contributed by atoms with Crippen molar-refractivity contribution in [3.05, 3.63) is 341 Å². The maximum absolute atomic E-state index is 16.9. The van der Waals surface area contributed by atoms with Crippen LogP contribution in [0.3, 0.4) is 0 Å². The van der Waals surface area contributed by atoms with E-state index in [4.69, 9.17) is 18.9 Å². The Labute approximate surface area is 618 Å². The van der Waals surface area contributed by atoms with Crippen molar-refractivity contribution >= 4 is 83.9 Å². The van der Waals surface area contributed by atoms with E-state index < -0.39 is 29.7 Å². The first-order valence-electron chi connectivity index (χ1n) is 36.3. The summed E-state index contributed by atoms with van der Waals surface area (Å²) < 4.78 is 31.1. The standard InChI is InChI=1S/C96H80N2O8/c1-11-13-19-49-75(63-39-25-17-26-40-63)103-79-53-71-83-72(94(100)97(93(71)99)91-65(57(3)4)45-33-46-66(91)58(5)6)54-80(104-76(50-20-14-12-2)64-41-27-18-28-42-64)86-88-82(106-78-52-32-30-44-70(78)62-37-23-16-24-38-62)56-74-84-73(95(101)98(96(74)102)92-67(59(7)8)47-34-48-68(92)60(9)10)55-81(87(90(84)88)85(79)89(83)86)105-77-51-31-29-43-69(77)61-35-21-15-22-36-61/h11-60,76H,1H2,2-10H3/b14-12-,19-13-,50-20-,75-49+. The molecule has 0 spiro atoms. The molecular weight excluding hydrogens is 1310 g/mol. The molecule has 13 aromatic rings. The molecule has 0 saturated heterocycles. The zero-order valence-electron chi connectivity index (χ0n) is 60.8. The number of hydrogen-bond donors (Lipinski definition) is 0. The molecule has 2 heterocycles. The Balaban J connectivity index is 1.20. The number of para-hydroxylation sites is 4. The third-order valence-corrected chi connectivity index (χ3v) is 20.2. The second kappa shape index (κ2) is 28.9. The van der Waals surface area contributed by atoms with Crippen LogP contribution in [0.2, 0.25) is 0 Å². The summed E-state index contributed by atoms with van der Waals surface area (Å²) in [6.45, 7) is 22.5. The number of carbonyl (C=O) groups is 4. The number of ether oxygens (including phenoxy) is 4. The number of benzene rings is 13. The van der Waals surface area contributed by atoms with Gasteiger partial charge in [0.15, 0.2) is 0 Å². The lowest BCUT2D eigenvalue weighted by atomic mass is 9.80. The molecule has 4 amide bonds. The summed E-state index contributed by atoms with van der Waals surface area (Å²) in [5, 5.41) is 2.96. The first-order chi connectivity index (χ1) is 51.6. The van der Waals surface area contributed by atoms with Crippen LogP contribution in [0.15, 0.2) is 286 Å². The average Bonchev–Trinajstić information content (AvgIpc) is 0.670. The Kier molecular flexibility index (Phi) is 18.8. The Hall–Kier alpha value is -12.7. The Morgan fingerprint density at radius 3 is 1.16 bits per heavy atom. The third kappa shape index (κ3) is 12.2. The van der Waals surface area contributed by atoms with Gasteiger partial charge in [0.25, 0.3) is 23.6 Å². The molecule has 0 fully saturated rings. The van der Waals surface area contributed by atoms with Crippen molar-refractivity contribution in [2.45, 2.75) is 92.1 Å². The monoisotopic (exact) mass is 1390 g/mol. The van der Waals surface area contributed by atoms with E-state index in [-0.39, 0.29) is 68.9 Å². The lowest BCUT2D eigenvalue weighted by molar-refractivity contribution is 0.0876. The van der Waals surface area contributed by atoms with Crippen molar-refractivity contribution in [2.75, 3.05) is 9.80 Å². The zero-order valence-corrected chi connectivity index (χ0v) is 60.8. The number of imide groups is 2. The largest absolute Gasteiger partial charge is 0.481 e. The molecule has 0 N–H and O–H groups in total. The van der Waals surface area contributed by atoms with E-state index >= 15 is 19.2 Å². The summed E-state index contributed by atoms with van der Waals surface area (Å²) in [4.78, 5) is 70.4. The van der Waals surface area contributed by atoms with Crippen LogP contribution < -0.4 is 28.7 Å². The van der Waals surface area contributed by atoms with Crippen molar-refractivity contribution in [3.8, 4) is 56.8 Å². The first-order valence-corrected chi connectivity index (χ1v) is 36.3. The highest BCUT2D eigenvalue weighted by molar-refractivity contribution is 6.48. The number of fused-ring (bicyclic) bond motifs is 2. The average molecular weight is 1390 g/mol. The van der Waals surface area contributed by atoms with Crippen LogP contribution >= 0.6 is 0 Å². The van der Waals surface area contributed by atoms with Crippen molar-refractivity contribution < 1.29 is 38.1 Å². The van der Waals surface area contributed by atoms with E-state index in [1.54, 1.807) is 36.4 Å². The van der Waals surface area contributed by atoms with Gasteiger partial charge in [0.05, 0.1) is 33.6 Å². The Morgan fingerprint density at radius 2 is 0.736 bits per heavy atom. The molecule has 1 atom stereocenters. The number of nitrogens with zero attached hydrogens (tertiary/aromatic N) is 2. The fourth-order valence-electron chi connectivity index (χ4n) is 15.3. The number of allylic oxidation sites excluding steroid dienone is 7. The molecule has 10 heteroatoms. The lowest BCUT2D eigenvalue weighted by Crippen LogP contribution is -2.42. The summed E-state index contributed by atoms with van der Waals surface area (Å²) in [6, 6.07) is 74.0. The number of rotatable bonds is 22. The van der Waals surface area contributed by atoms with Gasteiger partial charge in [-0.15, -0.1) is 0 Å². The van der Waals surface area contributed by atoms with Crippen LogP contribution in [0, 0.1) is 0 Å². The summed E-state index contributed by atoms with van der Waals surface area (Å²) in [7, 11) is 0. The Morgan fingerprint density at radius 1 is 0.358 bits per heavy atom. The van der Waals surface area contributed by atoms with Crippen molar-refractivity contribution in [2.24, 2.45) is 0 Å². The molecule has 15 rings (SSSR count). The van der Waals surface area contributed by atoms with E-state index in [9.17, 15) is 0 Å². The van der Waals surface area contributed by atoms with Crippen LogP contribution in [-0.2, 0) is 0 Å². The van der Waals surface area contributed by atoms with Gasteiger partial charge in [-0.2, -0.15) is 0 Å². The van der Waals surface area contributed by atoms with Gasteiger partial charge in [-0.1, -0.05) is 293 Å². The van der Waals surface area contributed by atoms with Gasteiger partial charge in [0.1, 0.15) is 46.4 Å². The number of anilines is 2. The predicted octanol–water partition coefficient (Wildman–Crippen LogP) is 25.2. The minimum atomic E-state index is -0.832. The summed E-state index contributed by atoms with van der Waals surface area (Å²) in [5.41, 5.74) is 9.67. The molecule has 0 saturated carbocycles. The number of amides is 4. The maximum atomic E-state index is 16.9. The molecule has 0 aromatic heterocycles. The van der Waals surface area contributed by atoms with Gasteiger partial charge in [-0.3, -0.25) is 19.2 Å². The van der Waals surface area contributed by atoms with Gasteiger partial charge in [-0.05, 0) is 118 Å². The van der Waals surface area contributed by atoms with Crippen LogP contribution in [0.5, 0.6) is 34.5 Å². The highest BCUT2D eigenvalue weighted by Crippen LogP contribution is 2.59. The molecular formula is C96H80N2O8. The Bertz CT molecular complexity index is 5710. The second-order valence-corrected chi connectivity index (χ2v) is 28.2. The van der Waals surface area contributed by atoms with E-state index in [0.29, 0.717) is 77.3 Å². The molecule has 10 nitrogen and oxygen atoms in total. The van der Waals surface area contributed by atoms with Crippen LogP contribution in [0.4, 0.5) is 11.4 Å². The number of carbonyl (C=O) groups excluding carboxylic acids is 4. The second-order valence-electron chi connectivity index (χ2n) is 28.2. The number of hydrogen-bond acceptors (Lipinski definition) is 8. The van der Waals surface area contributed by atoms with E-state index in [1.165, 1.54) is 9.80 Å². The lowest BCUT2D eigenvalue weighted by Gasteiger charge is -2.35. The molecule has 0 aliphatic carbocycles. The molecule has 106 heavy (non-hydrogen) atoms. The molecule has 522 valence electrons. The highest BCUT2D eigenvalue weighted by Gasteiger charge is 2.45. The normalized spacial score (nSPS) is 13.7. The molecule has 0 bridgehead atoms. The zero-order chi connectivity index (χ0) is 73.6. The summed E-state index contributed by atoms with van der Waals surface area (Å²) in [5.74, 6) is -0.714. The molecule has 1 unspecified atom stereocenters. The van der Waals surface area contributed by atoms with Crippen molar-refractivity contribution in [1.29, 1.82) is 0 Å². The van der Waals surface area contributed by atoms with Gasteiger partial charge < -0.3 is 18.9 Å². The highest BCUT2D eigenvalue weighted by atomic mass is 16.5. The van der Waals surface area contributed by atoms with Gasteiger partial charge in [0.2, 0.25) is 0 Å². The summed E-state index contributed by atoms with van der Waals surface area (Å²) >= 11 is 0. The van der Waals surface area contributed by atoms with E-state index in [2.05, 4.69) is 62.0 Å². The van der Waals surface area contributed by atoms with Gasteiger partial charge in [0, 0.05) is 59.8 Å². The molecule has 2 aliphatic rings. The van der Waals surface area contributed by atoms with Gasteiger partial charge in [-0.25, -0.2) is 9.80 Å². The molecule has 0 radical (unpaired) electrons. The smallest absolute Gasteiger partial charge is 0.266 e. The van der Waals surface area contributed by atoms with E-state index in [0.717, 1.165) is 50.1 Å². The van der Waals surface area contributed by atoms with Crippen molar-refractivity contribution in [3.63, 3.8) is 0 Å². The minimum Gasteiger partial charge on any atom is -0.481 e. The predicted molar refractivity (Wildman–Crippen MR) is 431 cm³/mol. The van der Waals surface area contributed by atoms with E-state index in [1.807, 2.05) is 250 Å². The van der Waals surface area contributed by atoms with Crippen LogP contribution in [-0.4, -0.2) is 23.6 Å². The topological polar surface area (TPSA) is 112 Å².